The minimum absolute atomic E-state index is 0.385. The number of nitrogens with zero attached hydrogens (tertiary/aromatic N) is 2. The van der Waals surface area contributed by atoms with Crippen molar-refractivity contribution in [1.29, 1.82) is 0 Å². The van der Waals surface area contributed by atoms with Gasteiger partial charge in [0, 0.05) is 0 Å². The van der Waals surface area contributed by atoms with Crippen molar-refractivity contribution in [3.05, 3.63) is 23.0 Å². The van der Waals surface area contributed by atoms with Gasteiger partial charge in [0.1, 0.15) is 6.04 Å². The smallest absolute Gasteiger partial charge is 0.326 e. The number of aryl methyl sites for hydroxylation is 2. The molecule has 0 fully saturated rings. The topological polar surface area (TPSA) is 92.2 Å². The molecule has 0 saturated heterocycles. The summed E-state index contributed by atoms with van der Waals surface area (Å²) in [4.78, 5) is 23.6. The predicted octanol–water partition coefficient (Wildman–Crippen LogP) is 1.58. The summed E-state index contributed by atoms with van der Waals surface area (Å²) in [6.45, 7) is 8.91. The summed E-state index contributed by atoms with van der Waals surface area (Å²) in [5, 5.41) is 19.7. The van der Waals surface area contributed by atoms with Gasteiger partial charge in [-0.1, -0.05) is 27.7 Å². The van der Waals surface area contributed by atoms with Gasteiger partial charge in [0.25, 0.3) is 5.91 Å². The number of carbonyl (C=O) groups excluding carboxylic acids is 1. The highest BCUT2D eigenvalue weighted by Gasteiger charge is 2.33. The Labute approximate surface area is 118 Å². The molecular formula is C14H21N3O3. The number of aromatic nitrogens is 2. The zero-order valence-electron chi connectivity index (χ0n) is 12.5. The number of rotatable bonds is 4. The molecule has 0 spiro atoms. The molecule has 1 aromatic heterocycles. The van der Waals surface area contributed by atoms with Gasteiger partial charge < -0.3 is 10.4 Å². The van der Waals surface area contributed by atoms with E-state index in [9.17, 15) is 14.7 Å². The summed E-state index contributed by atoms with van der Waals surface area (Å²) in [5.74, 6) is -1.48. The Hall–Kier alpha value is -1.98. The number of nitrogens with one attached hydrogen (secondary N) is 1. The Balaban J connectivity index is 3.07. The number of carboxylic acids is 1. The molecule has 1 aromatic rings. The Morgan fingerprint density at radius 2 is 1.95 bits per heavy atom. The van der Waals surface area contributed by atoms with Gasteiger partial charge in [-0.05, 0) is 24.8 Å². The molecule has 0 aromatic carbocycles. The van der Waals surface area contributed by atoms with Crippen LogP contribution in [0.2, 0.25) is 0 Å². The molecule has 0 radical (unpaired) electrons. The summed E-state index contributed by atoms with van der Waals surface area (Å²) in [7, 11) is 0. The summed E-state index contributed by atoms with van der Waals surface area (Å²) in [6.07, 6.45) is 0.559. The first-order valence-corrected chi connectivity index (χ1v) is 6.53. The Morgan fingerprint density at radius 3 is 2.40 bits per heavy atom. The molecule has 1 heterocycles. The van der Waals surface area contributed by atoms with Crippen molar-refractivity contribution in [2.75, 3.05) is 0 Å². The highest BCUT2D eigenvalue weighted by atomic mass is 16.4. The zero-order valence-corrected chi connectivity index (χ0v) is 12.5. The first-order valence-electron chi connectivity index (χ1n) is 6.53. The highest BCUT2D eigenvalue weighted by Crippen LogP contribution is 2.20. The van der Waals surface area contributed by atoms with Crippen LogP contribution in [0.1, 0.15) is 49.4 Å². The number of carbonyl (C=O) groups is 2. The monoisotopic (exact) mass is 279 g/mol. The van der Waals surface area contributed by atoms with Gasteiger partial charge >= 0.3 is 5.97 Å². The van der Waals surface area contributed by atoms with Crippen molar-refractivity contribution in [2.45, 2.75) is 47.1 Å². The van der Waals surface area contributed by atoms with E-state index < -0.39 is 23.3 Å². The fraction of sp³-hybridized carbons (Fsp3) is 0.571. The van der Waals surface area contributed by atoms with Crippen LogP contribution in [0.5, 0.6) is 0 Å². The highest BCUT2D eigenvalue weighted by molar-refractivity contribution is 5.97. The average molecular weight is 279 g/mol. The third-order valence-electron chi connectivity index (χ3n) is 2.96. The maximum atomic E-state index is 12.3. The number of amides is 1. The quantitative estimate of drug-likeness (QED) is 0.873. The fourth-order valence-corrected chi connectivity index (χ4v) is 1.83. The van der Waals surface area contributed by atoms with E-state index in [1.165, 1.54) is 0 Å². The van der Waals surface area contributed by atoms with Gasteiger partial charge in [0.2, 0.25) is 0 Å². The van der Waals surface area contributed by atoms with E-state index >= 15 is 0 Å². The molecule has 2 N–H and O–H groups in total. The third-order valence-corrected chi connectivity index (χ3v) is 2.96. The van der Waals surface area contributed by atoms with E-state index in [2.05, 4.69) is 15.5 Å². The molecular weight excluding hydrogens is 258 g/mol. The van der Waals surface area contributed by atoms with E-state index in [0.29, 0.717) is 23.4 Å². The van der Waals surface area contributed by atoms with Crippen LogP contribution in [-0.4, -0.2) is 33.2 Å². The lowest BCUT2D eigenvalue weighted by molar-refractivity contribution is -0.142. The van der Waals surface area contributed by atoms with E-state index in [-0.39, 0.29) is 0 Å². The molecule has 0 aliphatic heterocycles. The van der Waals surface area contributed by atoms with Crippen LogP contribution in [0.25, 0.3) is 0 Å². The molecule has 1 rings (SSSR count). The van der Waals surface area contributed by atoms with Crippen LogP contribution < -0.4 is 5.32 Å². The molecule has 0 bridgehead atoms. The van der Waals surface area contributed by atoms with Crippen molar-refractivity contribution in [2.24, 2.45) is 5.41 Å². The van der Waals surface area contributed by atoms with E-state index in [1.807, 2.05) is 6.92 Å². The number of carboxylic acid groups (broad SMARTS) is 1. The minimum atomic E-state index is -1.05. The molecule has 1 atom stereocenters. The largest absolute Gasteiger partial charge is 0.480 e. The maximum Gasteiger partial charge on any atom is 0.326 e. The van der Waals surface area contributed by atoms with Crippen LogP contribution in [0, 0.1) is 12.3 Å². The van der Waals surface area contributed by atoms with Crippen LogP contribution in [0.3, 0.4) is 0 Å². The minimum Gasteiger partial charge on any atom is -0.480 e. The van der Waals surface area contributed by atoms with Crippen molar-refractivity contribution < 1.29 is 14.7 Å². The van der Waals surface area contributed by atoms with Gasteiger partial charge in [-0.3, -0.25) is 4.79 Å². The van der Waals surface area contributed by atoms with Crippen molar-refractivity contribution >= 4 is 11.9 Å². The Kier molecular flexibility index (Phi) is 4.81. The second-order valence-corrected chi connectivity index (χ2v) is 5.81. The average Bonchev–Trinajstić information content (AvgIpc) is 2.33. The molecule has 0 saturated carbocycles. The second kappa shape index (κ2) is 5.98. The second-order valence-electron chi connectivity index (χ2n) is 5.81. The molecule has 0 aliphatic carbocycles. The van der Waals surface area contributed by atoms with Gasteiger partial charge in [0.15, 0.2) is 0 Å². The van der Waals surface area contributed by atoms with Crippen molar-refractivity contribution in [1.82, 2.24) is 15.5 Å². The Morgan fingerprint density at radius 1 is 1.35 bits per heavy atom. The standard InChI is InChI=1S/C14H21N3O3/c1-6-10-9(7-8(2)16-17-10)12(18)15-11(13(19)20)14(3,4)5/h7,11H,6H2,1-5H3,(H,15,18)(H,19,20)/t11-/m0/s1. The lowest BCUT2D eigenvalue weighted by atomic mass is 9.86. The van der Waals surface area contributed by atoms with Gasteiger partial charge in [0.05, 0.1) is 17.0 Å². The fourth-order valence-electron chi connectivity index (χ4n) is 1.83. The molecule has 6 heteroatoms. The third kappa shape index (κ3) is 3.76. The first-order chi connectivity index (χ1) is 9.16. The zero-order chi connectivity index (χ0) is 15.5. The van der Waals surface area contributed by atoms with Crippen LogP contribution in [-0.2, 0) is 11.2 Å². The molecule has 20 heavy (non-hydrogen) atoms. The number of hydrogen-bond acceptors (Lipinski definition) is 4. The molecule has 110 valence electrons. The summed E-state index contributed by atoms with van der Waals surface area (Å²) in [5.41, 5.74) is 0.986. The first kappa shape index (κ1) is 16.1. The molecule has 0 unspecified atom stereocenters. The normalized spacial score (nSPS) is 12.8. The lowest BCUT2D eigenvalue weighted by Crippen LogP contribution is -2.49. The van der Waals surface area contributed by atoms with E-state index in [4.69, 9.17) is 0 Å². The van der Waals surface area contributed by atoms with Crippen LogP contribution in [0.4, 0.5) is 0 Å². The SMILES string of the molecule is CCc1nnc(C)cc1C(=O)N[C@@H](C(=O)O)C(C)(C)C. The van der Waals surface area contributed by atoms with Crippen LogP contribution >= 0.6 is 0 Å². The number of aliphatic carboxylic acids is 1. The van der Waals surface area contributed by atoms with Gasteiger partial charge in [-0.15, -0.1) is 0 Å². The lowest BCUT2D eigenvalue weighted by Gasteiger charge is -2.27. The van der Waals surface area contributed by atoms with Crippen molar-refractivity contribution in [3.8, 4) is 0 Å². The predicted molar refractivity (Wildman–Crippen MR) is 74.5 cm³/mol. The summed E-state index contributed by atoms with van der Waals surface area (Å²) < 4.78 is 0. The summed E-state index contributed by atoms with van der Waals surface area (Å²) >= 11 is 0. The van der Waals surface area contributed by atoms with Crippen LogP contribution in [0.15, 0.2) is 6.07 Å². The maximum absolute atomic E-state index is 12.3. The van der Waals surface area contributed by atoms with E-state index in [1.54, 1.807) is 33.8 Å². The van der Waals surface area contributed by atoms with Gasteiger partial charge in [-0.25, -0.2) is 4.79 Å². The Bertz CT molecular complexity index is 521. The molecule has 6 nitrogen and oxygen atoms in total. The molecule has 1 amide bonds. The van der Waals surface area contributed by atoms with Gasteiger partial charge in [-0.2, -0.15) is 10.2 Å². The number of hydrogen-bond donors (Lipinski definition) is 2. The van der Waals surface area contributed by atoms with E-state index in [0.717, 1.165) is 0 Å². The van der Waals surface area contributed by atoms with Crippen molar-refractivity contribution in [3.63, 3.8) is 0 Å². The summed E-state index contributed by atoms with van der Waals surface area (Å²) in [6, 6.07) is 0.663. The molecule has 0 aliphatic rings.